The van der Waals surface area contributed by atoms with Crippen LogP contribution in [-0.2, 0) is 4.80 Å². The Morgan fingerprint density at radius 3 is 1.80 bits per heavy atom. The van der Waals surface area contributed by atoms with Crippen molar-refractivity contribution in [1.29, 1.82) is 0 Å². The molecule has 0 rings (SSSR count). The molecule has 1 radical (unpaired) electrons. The fourth-order valence-corrected chi connectivity index (χ4v) is 0. The first-order chi connectivity index (χ1) is 2.27. The molecule has 0 aliphatic rings. The Morgan fingerprint density at radius 1 is 1.60 bits per heavy atom. The monoisotopic (exact) mass is 89.0 g/mol. The number of hydrogen-bond donors (Lipinski definition) is 0. The molecule has 0 spiro atoms. The molecule has 0 fully saturated rings. The van der Waals surface area contributed by atoms with E-state index < -0.39 is 9.76 Å². The molecule has 1 nitrogen and oxygen atoms in total. The molecule has 0 saturated heterocycles. The summed E-state index contributed by atoms with van der Waals surface area (Å²) in [5, 5.41) is 0. The third-order valence-electron chi connectivity index (χ3n) is 0.333. The van der Waals surface area contributed by atoms with Gasteiger partial charge >= 0.3 is 0 Å². The molecule has 0 aliphatic heterocycles. The number of hydrogen-bond acceptors (Lipinski definition) is 0. The Labute approximate surface area is 35.0 Å². The van der Waals surface area contributed by atoms with Gasteiger partial charge in [0.25, 0.3) is 0 Å². The zero-order chi connectivity index (χ0) is 4.28. The fourth-order valence-electron chi connectivity index (χ4n) is 0. The van der Waals surface area contributed by atoms with Crippen LogP contribution in [0.25, 0.3) is 0 Å². The molecular formula is C3H9OSi. The molecule has 0 amide bonds. The lowest BCUT2D eigenvalue weighted by atomic mass is 10.6. The van der Waals surface area contributed by atoms with Crippen LogP contribution in [0, 0.1) is 0 Å². The normalized spacial score (nSPS) is 12.0. The first-order valence-electron chi connectivity index (χ1n) is 1.85. The zero-order valence-corrected chi connectivity index (χ0v) is 5.11. The second kappa shape index (κ2) is 2.42. The Balaban J connectivity index is 2.54. The van der Waals surface area contributed by atoms with Crippen molar-refractivity contribution in [1.82, 2.24) is 0 Å². The van der Waals surface area contributed by atoms with Crippen LogP contribution in [0.1, 0.15) is 13.8 Å². The van der Waals surface area contributed by atoms with Gasteiger partial charge in [-0.25, -0.2) is 0 Å². The molecule has 0 heterocycles. The molecule has 0 saturated carbocycles. The van der Waals surface area contributed by atoms with E-state index in [4.69, 9.17) is 0 Å². The highest BCUT2D eigenvalue weighted by Crippen LogP contribution is 1.91. The standard InChI is InChI=1S/C3H9OSi/c1-3(2)5-4/h3H,5H2,1-2H3. The van der Waals surface area contributed by atoms with Gasteiger partial charge in [-0.1, -0.05) is 13.8 Å². The lowest BCUT2D eigenvalue weighted by Gasteiger charge is -1.85. The highest BCUT2D eigenvalue weighted by molar-refractivity contribution is 6.26. The summed E-state index contributed by atoms with van der Waals surface area (Å²) < 4.78 is 0. The summed E-state index contributed by atoms with van der Waals surface area (Å²) in [7, 11) is -0.901. The van der Waals surface area contributed by atoms with Crippen molar-refractivity contribution in [3.8, 4) is 0 Å². The predicted molar refractivity (Wildman–Crippen MR) is 24.3 cm³/mol. The molecule has 0 aromatic carbocycles. The lowest BCUT2D eigenvalue weighted by Crippen LogP contribution is -1.87. The van der Waals surface area contributed by atoms with Crippen LogP contribution in [0.5, 0.6) is 0 Å². The molecule has 0 atom stereocenters. The molecule has 5 heavy (non-hydrogen) atoms. The van der Waals surface area contributed by atoms with Crippen LogP contribution in [0.15, 0.2) is 0 Å². The van der Waals surface area contributed by atoms with E-state index in [1.165, 1.54) is 0 Å². The van der Waals surface area contributed by atoms with Gasteiger partial charge in [-0.15, -0.1) is 0 Å². The van der Waals surface area contributed by atoms with E-state index in [-0.39, 0.29) is 0 Å². The molecule has 0 unspecified atom stereocenters. The first kappa shape index (κ1) is 5.18. The summed E-state index contributed by atoms with van der Waals surface area (Å²) >= 11 is 0. The van der Waals surface area contributed by atoms with Crippen molar-refractivity contribution in [3.05, 3.63) is 0 Å². The molecule has 0 bridgehead atoms. The Morgan fingerprint density at radius 2 is 1.80 bits per heavy atom. The molecule has 0 aromatic heterocycles. The highest BCUT2D eigenvalue weighted by Gasteiger charge is 1.86. The van der Waals surface area contributed by atoms with Crippen LogP contribution in [0.4, 0.5) is 0 Å². The maximum atomic E-state index is 9.77. The predicted octanol–water partition coefficient (Wildman–Crippen LogP) is 0.329. The summed E-state index contributed by atoms with van der Waals surface area (Å²) in [6.45, 7) is 3.94. The van der Waals surface area contributed by atoms with Gasteiger partial charge in [0.2, 0.25) is 9.76 Å². The third kappa shape index (κ3) is 4.18. The summed E-state index contributed by atoms with van der Waals surface area (Å²) in [5.41, 5.74) is 0.468. The summed E-state index contributed by atoms with van der Waals surface area (Å²) in [4.78, 5) is 9.77. The summed E-state index contributed by atoms with van der Waals surface area (Å²) in [6, 6.07) is 0. The molecular weight excluding hydrogens is 80.1 g/mol. The van der Waals surface area contributed by atoms with E-state index in [1.807, 2.05) is 13.8 Å². The van der Waals surface area contributed by atoms with Gasteiger partial charge in [0.1, 0.15) is 0 Å². The average molecular weight is 89.2 g/mol. The van der Waals surface area contributed by atoms with Crippen LogP contribution < -0.4 is 0 Å². The second-order valence-corrected chi connectivity index (χ2v) is 3.53. The quantitative estimate of drug-likeness (QED) is 0.413. The Kier molecular flexibility index (Phi) is 2.50. The lowest BCUT2D eigenvalue weighted by molar-refractivity contribution is 0.464. The van der Waals surface area contributed by atoms with Crippen molar-refractivity contribution in [2.75, 3.05) is 0 Å². The Bertz CT molecular complexity index is 20.9. The molecule has 31 valence electrons. The van der Waals surface area contributed by atoms with Gasteiger partial charge in [-0.05, 0) is 5.54 Å². The van der Waals surface area contributed by atoms with Crippen LogP contribution in [0.2, 0.25) is 5.54 Å². The van der Waals surface area contributed by atoms with Gasteiger partial charge in [-0.2, -0.15) is 0 Å². The van der Waals surface area contributed by atoms with Crippen LogP contribution in [-0.4, -0.2) is 9.76 Å². The second-order valence-electron chi connectivity index (χ2n) is 1.56. The van der Waals surface area contributed by atoms with Crippen molar-refractivity contribution >= 4 is 9.76 Å². The van der Waals surface area contributed by atoms with Crippen LogP contribution >= 0.6 is 0 Å². The summed E-state index contributed by atoms with van der Waals surface area (Å²) in [6.07, 6.45) is 0. The first-order valence-corrected chi connectivity index (χ1v) is 3.25. The average Bonchev–Trinajstić information content (AvgIpc) is 1.38. The van der Waals surface area contributed by atoms with E-state index >= 15 is 0 Å². The van der Waals surface area contributed by atoms with E-state index in [9.17, 15) is 4.80 Å². The minimum atomic E-state index is -0.901. The van der Waals surface area contributed by atoms with Gasteiger partial charge in [-0.3, -0.25) is 0 Å². The molecule has 0 aliphatic carbocycles. The smallest absolute Gasteiger partial charge is 0.209 e. The van der Waals surface area contributed by atoms with E-state index in [0.29, 0.717) is 5.54 Å². The van der Waals surface area contributed by atoms with Crippen LogP contribution in [0.3, 0.4) is 0 Å². The van der Waals surface area contributed by atoms with E-state index in [2.05, 4.69) is 0 Å². The SMILES string of the molecule is CC(C)[SiH2][O]. The zero-order valence-electron chi connectivity index (χ0n) is 3.69. The fraction of sp³-hybridized carbons (Fsp3) is 1.00. The van der Waals surface area contributed by atoms with E-state index in [1.54, 1.807) is 0 Å². The van der Waals surface area contributed by atoms with Gasteiger partial charge in [0.15, 0.2) is 0 Å². The third-order valence-corrected chi connectivity index (χ3v) is 1.00. The van der Waals surface area contributed by atoms with Gasteiger partial charge in [0.05, 0.1) is 0 Å². The van der Waals surface area contributed by atoms with Crippen molar-refractivity contribution in [2.45, 2.75) is 19.4 Å². The maximum absolute atomic E-state index is 9.77. The Hall–Kier alpha value is 0.177. The van der Waals surface area contributed by atoms with Crippen molar-refractivity contribution < 1.29 is 4.80 Å². The maximum Gasteiger partial charge on any atom is 0.209 e. The molecule has 0 N–H and O–H groups in total. The van der Waals surface area contributed by atoms with Crippen molar-refractivity contribution in [3.63, 3.8) is 0 Å². The topological polar surface area (TPSA) is 19.9 Å². The van der Waals surface area contributed by atoms with Gasteiger partial charge < -0.3 is 4.80 Å². The van der Waals surface area contributed by atoms with Gasteiger partial charge in [0, 0.05) is 0 Å². The van der Waals surface area contributed by atoms with Crippen molar-refractivity contribution in [2.24, 2.45) is 0 Å². The largest absolute Gasteiger partial charge is 0.306 e. The molecule has 0 aromatic rings. The minimum Gasteiger partial charge on any atom is -0.306 e. The highest BCUT2D eigenvalue weighted by atomic mass is 28.2. The minimum absolute atomic E-state index is 0.468. The van der Waals surface area contributed by atoms with E-state index in [0.717, 1.165) is 0 Å². The summed E-state index contributed by atoms with van der Waals surface area (Å²) in [5.74, 6) is 0. The number of rotatable bonds is 1. The molecule has 2 heteroatoms.